The Morgan fingerprint density at radius 2 is 0.723 bits per heavy atom. The second kappa shape index (κ2) is 12.7. The molecule has 0 spiro atoms. The zero-order chi connectivity index (χ0) is 31.4. The van der Waals surface area contributed by atoms with Crippen molar-refractivity contribution in [1.29, 1.82) is 0 Å². The van der Waals surface area contributed by atoms with Gasteiger partial charge < -0.3 is 9.80 Å². The molecule has 0 amide bonds. The van der Waals surface area contributed by atoms with Crippen molar-refractivity contribution in [3.05, 3.63) is 200 Å². The summed E-state index contributed by atoms with van der Waals surface area (Å²) in [5.41, 5.74) is 9.39. The third-order valence-corrected chi connectivity index (χ3v) is 8.87. The molecule has 2 heteroatoms. The maximum atomic E-state index is 2.39. The van der Waals surface area contributed by atoms with Gasteiger partial charge in [-0.25, -0.2) is 0 Å². The molecule has 0 fully saturated rings. The Hall–Kier alpha value is -6.12. The lowest BCUT2D eigenvalue weighted by atomic mass is 10.0. The molecule has 0 aliphatic carbocycles. The number of para-hydroxylation sites is 2. The van der Waals surface area contributed by atoms with Crippen molar-refractivity contribution >= 4 is 50.0 Å². The van der Waals surface area contributed by atoms with Gasteiger partial charge in [-0.1, -0.05) is 127 Å². The van der Waals surface area contributed by atoms with E-state index in [-0.39, 0.29) is 0 Å². The van der Waals surface area contributed by atoms with Gasteiger partial charge in [0.2, 0.25) is 0 Å². The fourth-order valence-electron chi connectivity index (χ4n) is 6.44. The van der Waals surface area contributed by atoms with E-state index < -0.39 is 0 Å². The lowest BCUT2D eigenvalue weighted by molar-refractivity contribution is 0.978. The van der Waals surface area contributed by atoms with Gasteiger partial charge in [-0.05, 0) is 105 Å². The van der Waals surface area contributed by atoms with Crippen LogP contribution in [-0.4, -0.2) is 0 Å². The molecule has 8 aromatic rings. The summed E-state index contributed by atoms with van der Waals surface area (Å²) in [6, 6.07) is 69.6. The zero-order valence-corrected chi connectivity index (χ0v) is 26.1. The standard InChI is InChI=1S/C45H34N2/c1-3-15-41(16-4-1)46(33-34-19-20-35-11-7-9-13-39(35)31-34)42-26-21-37(22-27-42)38-23-28-44(29-24-38)47(43-17-5-2-6-18-43)45-30-25-36-12-8-10-14-40(36)32-45/h1-32H,33H2. The Bertz CT molecular complexity index is 2260. The van der Waals surface area contributed by atoms with Crippen molar-refractivity contribution in [2.75, 3.05) is 9.80 Å². The second-order valence-electron chi connectivity index (χ2n) is 11.9. The number of rotatable bonds is 8. The van der Waals surface area contributed by atoms with Crippen LogP contribution in [0.1, 0.15) is 5.56 Å². The molecule has 0 N–H and O–H groups in total. The number of hydrogen-bond donors (Lipinski definition) is 0. The minimum atomic E-state index is 0.785. The fourth-order valence-corrected chi connectivity index (χ4v) is 6.44. The number of anilines is 5. The highest BCUT2D eigenvalue weighted by molar-refractivity contribution is 5.89. The highest BCUT2D eigenvalue weighted by Gasteiger charge is 2.14. The molecule has 0 saturated carbocycles. The molecule has 224 valence electrons. The minimum absolute atomic E-state index is 0.785. The van der Waals surface area contributed by atoms with E-state index in [1.54, 1.807) is 0 Å². The number of benzene rings is 8. The average Bonchev–Trinajstić information content (AvgIpc) is 3.15. The van der Waals surface area contributed by atoms with Gasteiger partial charge in [-0.3, -0.25) is 0 Å². The largest absolute Gasteiger partial charge is 0.337 e. The van der Waals surface area contributed by atoms with E-state index in [0.29, 0.717) is 0 Å². The van der Waals surface area contributed by atoms with Crippen molar-refractivity contribution in [2.45, 2.75) is 6.54 Å². The first kappa shape index (κ1) is 28.4. The van der Waals surface area contributed by atoms with Crippen molar-refractivity contribution in [1.82, 2.24) is 0 Å². The highest BCUT2D eigenvalue weighted by atomic mass is 15.1. The Morgan fingerprint density at radius 3 is 1.34 bits per heavy atom. The Labute approximate surface area is 276 Å². The fraction of sp³-hybridized carbons (Fsp3) is 0.0222. The van der Waals surface area contributed by atoms with Crippen LogP contribution in [0, 0.1) is 0 Å². The molecule has 0 bridgehead atoms. The Kier molecular flexibility index (Phi) is 7.67. The maximum absolute atomic E-state index is 2.39. The van der Waals surface area contributed by atoms with Gasteiger partial charge >= 0.3 is 0 Å². The molecule has 0 aromatic heterocycles. The Morgan fingerprint density at radius 1 is 0.298 bits per heavy atom. The van der Waals surface area contributed by atoms with Crippen molar-refractivity contribution in [3.8, 4) is 11.1 Å². The molecule has 0 unspecified atom stereocenters. The smallest absolute Gasteiger partial charge is 0.0481 e. The monoisotopic (exact) mass is 602 g/mol. The van der Waals surface area contributed by atoms with Crippen LogP contribution >= 0.6 is 0 Å². The third kappa shape index (κ3) is 5.97. The summed E-state index contributed by atoms with van der Waals surface area (Å²) < 4.78 is 0. The predicted octanol–water partition coefficient (Wildman–Crippen LogP) is 12.5. The SMILES string of the molecule is c1ccc(N(Cc2ccc3ccccc3c2)c2ccc(-c3ccc(N(c4ccccc4)c4ccc5ccccc5c4)cc3)cc2)cc1. The zero-order valence-electron chi connectivity index (χ0n) is 26.1. The first-order chi connectivity index (χ1) is 23.3. The average molecular weight is 603 g/mol. The van der Waals surface area contributed by atoms with Crippen LogP contribution in [0.25, 0.3) is 32.7 Å². The third-order valence-electron chi connectivity index (χ3n) is 8.87. The summed E-state index contributed by atoms with van der Waals surface area (Å²) >= 11 is 0. The van der Waals surface area contributed by atoms with Gasteiger partial charge in [0.05, 0.1) is 0 Å². The van der Waals surface area contributed by atoms with E-state index in [0.717, 1.165) is 29.3 Å². The summed E-state index contributed by atoms with van der Waals surface area (Å²) in [6.45, 7) is 0.785. The number of nitrogens with zero attached hydrogens (tertiary/aromatic N) is 2. The molecule has 47 heavy (non-hydrogen) atoms. The molecule has 0 heterocycles. The topological polar surface area (TPSA) is 6.48 Å². The van der Waals surface area contributed by atoms with Crippen LogP contribution in [0.4, 0.5) is 28.4 Å². The van der Waals surface area contributed by atoms with E-state index >= 15 is 0 Å². The normalized spacial score (nSPS) is 11.1. The molecule has 0 aliphatic rings. The van der Waals surface area contributed by atoms with E-state index in [1.165, 1.54) is 43.9 Å². The van der Waals surface area contributed by atoms with E-state index in [2.05, 4.69) is 204 Å². The highest BCUT2D eigenvalue weighted by Crippen LogP contribution is 2.37. The molecular formula is C45H34N2. The number of hydrogen-bond acceptors (Lipinski definition) is 2. The molecule has 0 aliphatic heterocycles. The molecule has 0 radical (unpaired) electrons. The van der Waals surface area contributed by atoms with Crippen LogP contribution in [0.3, 0.4) is 0 Å². The van der Waals surface area contributed by atoms with Gasteiger partial charge in [0.15, 0.2) is 0 Å². The van der Waals surface area contributed by atoms with Crippen LogP contribution in [-0.2, 0) is 6.54 Å². The second-order valence-corrected chi connectivity index (χ2v) is 11.9. The lowest BCUT2D eigenvalue weighted by Gasteiger charge is -2.26. The lowest BCUT2D eigenvalue weighted by Crippen LogP contribution is -2.16. The minimum Gasteiger partial charge on any atom is -0.337 e. The van der Waals surface area contributed by atoms with Crippen molar-refractivity contribution in [3.63, 3.8) is 0 Å². The van der Waals surface area contributed by atoms with Gasteiger partial charge in [0.25, 0.3) is 0 Å². The van der Waals surface area contributed by atoms with Gasteiger partial charge in [-0.15, -0.1) is 0 Å². The van der Waals surface area contributed by atoms with Crippen LogP contribution < -0.4 is 9.80 Å². The van der Waals surface area contributed by atoms with Gasteiger partial charge in [0, 0.05) is 35.0 Å². The molecule has 0 atom stereocenters. The first-order valence-corrected chi connectivity index (χ1v) is 16.1. The molecule has 2 nitrogen and oxygen atoms in total. The van der Waals surface area contributed by atoms with Crippen LogP contribution in [0.15, 0.2) is 194 Å². The van der Waals surface area contributed by atoms with Gasteiger partial charge in [-0.2, -0.15) is 0 Å². The maximum Gasteiger partial charge on any atom is 0.0481 e. The van der Waals surface area contributed by atoms with Crippen LogP contribution in [0.5, 0.6) is 0 Å². The van der Waals surface area contributed by atoms with Gasteiger partial charge in [0.1, 0.15) is 0 Å². The quantitative estimate of drug-likeness (QED) is 0.171. The summed E-state index contributed by atoms with van der Waals surface area (Å²) in [5, 5.41) is 5.00. The Balaban J connectivity index is 1.09. The summed E-state index contributed by atoms with van der Waals surface area (Å²) in [4.78, 5) is 4.71. The first-order valence-electron chi connectivity index (χ1n) is 16.1. The van der Waals surface area contributed by atoms with E-state index in [1.807, 2.05) is 0 Å². The molecular weight excluding hydrogens is 569 g/mol. The number of fused-ring (bicyclic) bond motifs is 2. The van der Waals surface area contributed by atoms with Crippen molar-refractivity contribution < 1.29 is 0 Å². The van der Waals surface area contributed by atoms with E-state index in [4.69, 9.17) is 0 Å². The molecule has 8 aromatic carbocycles. The molecule has 0 saturated heterocycles. The molecule has 8 rings (SSSR count). The summed E-state index contributed by atoms with van der Waals surface area (Å²) in [6.07, 6.45) is 0. The summed E-state index contributed by atoms with van der Waals surface area (Å²) in [5.74, 6) is 0. The van der Waals surface area contributed by atoms with E-state index in [9.17, 15) is 0 Å². The summed E-state index contributed by atoms with van der Waals surface area (Å²) in [7, 11) is 0. The predicted molar refractivity (Wildman–Crippen MR) is 200 cm³/mol. The van der Waals surface area contributed by atoms with Crippen LogP contribution in [0.2, 0.25) is 0 Å². The van der Waals surface area contributed by atoms with Crippen molar-refractivity contribution in [2.24, 2.45) is 0 Å².